The van der Waals surface area contributed by atoms with Crippen molar-refractivity contribution in [1.82, 2.24) is 0 Å². The van der Waals surface area contributed by atoms with Gasteiger partial charge in [-0.15, -0.1) is 0 Å². The van der Waals surface area contributed by atoms with Gasteiger partial charge >= 0.3 is 0 Å². The monoisotopic (exact) mass is 174 g/mol. The minimum absolute atomic E-state index is 1.06. The molecule has 0 heteroatoms. The van der Waals surface area contributed by atoms with E-state index in [4.69, 9.17) is 0 Å². The molecule has 13 heavy (non-hydrogen) atoms. The van der Waals surface area contributed by atoms with Crippen LogP contribution in [0.3, 0.4) is 0 Å². The van der Waals surface area contributed by atoms with E-state index < -0.39 is 0 Å². The van der Waals surface area contributed by atoms with Gasteiger partial charge in [-0.3, -0.25) is 0 Å². The number of allylic oxidation sites excluding steroid dienone is 8. The Hall–Kier alpha value is -1.04. The maximum Gasteiger partial charge on any atom is -0.0166 e. The lowest BCUT2D eigenvalue weighted by Gasteiger charge is -1.91. The van der Waals surface area contributed by atoms with Crippen molar-refractivity contribution in [3.63, 3.8) is 0 Å². The second kappa shape index (κ2) is 7.60. The third-order valence-corrected chi connectivity index (χ3v) is 2.04. The lowest BCUT2D eigenvalue weighted by molar-refractivity contribution is 0.761. The highest BCUT2D eigenvalue weighted by Gasteiger charge is 1.83. The lowest BCUT2D eigenvalue weighted by atomic mass is 10.2. The van der Waals surface area contributed by atoms with E-state index >= 15 is 0 Å². The number of hydrogen-bond acceptors (Lipinski definition) is 0. The molecule has 0 aromatic rings. The van der Waals surface area contributed by atoms with Gasteiger partial charge in [0.2, 0.25) is 0 Å². The molecule has 0 unspecified atom stereocenters. The predicted molar refractivity (Wildman–Crippen MR) is 59.6 cm³/mol. The second-order valence-corrected chi connectivity index (χ2v) is 3.23. The second-order valence-electron chi connectivity index (χ2n) is 3.23. The Kier molecular flexibility index (Phi) is 5.87. The van der Waals surface area contributed by atoms with Crippen LogP contribution in [0.25, 0.3) is 0 Å². The fourth-order valence-corrected chi connectivity index (χ4v) is 1.28. The first kappa shape index (κ1) is 10.0. The summed E-state index contributed by atoms with van der Waals surface area (Å²) in [4.78, 5) is 0. The van der Waals surface area contributed by atoms with Crippen LogP contribution < -0.4 is 0 Å². The standard InChI is InChI=1S/C13H18/c1-2-4-6-8-10-12-13-11-9-7-5-3-1/h1-6,9,11H,7-8,10,12-13H2/b2-1+,5-3+,6-4-,11-9-. The molecule has 0 nitrogen and oxygen atoms in total. The zero-order valence-corrected chi connectivity index (χ0v) is 8.15. The Morgan fingerprint density at radius 1 is 0.538 bits per heavy atom. The van der Waals surface area contributed by atoms with Gasteiger partial charge in [0.05, 0.1) is 0 Å². The first-order valence-electron chi connectivity index (χ1n) is 5.13. The van der Waals surface area contributed by atoms with Gasteiger partial charge < -0.3 is 0 Å². The molecule has 0 radical (unpaired) electrons. The molecular weight excluding hydrogens is 156 g/mol. The third kappa shape index (κ3) is 6.15. The highest BCUT2D eigenvalue weighted by molar-refractivity contribution is 5.12. The SMILES string of the molecule is C1=C\CCCC/C=C\C/C=C/C=C/1. The molecule has 0 aromatic carbocycles. The van der Waals surface area contributed by atoms with Crippen molar-refractivity contribution in [3.05, 3.63) is 48.6 Å². The molecule has 0 fully saturated rings. The molecule has 0 bridgehead atoms. The van der Waals surface area contributed by atoms with Gasteiger partial charge in [0.25, 0.3) is 0 Å². The van der Waals surface area contributed by atoms with E-state index in [0.29, 0.717) is 0 Å². The number of hydrogen-bond donors (Lipinski definition) is 0. The Labute approximate surface area is 81.4 Å². The van der Waals surface area contributed by atoms with Crippen molar-refractivity contribution in [2.75, 3.05) is 0 Å². The van der Waals surface area contributed by atoms with Gasteiger partial charge in [-0.25, -0.2) is 0 Å². The summed E-state index contributed by atoms with van der Waals surface area (Å²) in [5.41, 5.74) is 0. The maximum absolute atomic E-state index is 2.29. The summed E-state index contributed by atoms with van der Waals surface area (Å²) < 4.78 is 0. The zero-order chi connectivity index (χ0) is 9.19. The molecule has 0 heterocycles. The summed E-state index contributed by atoms with van der Waals surface area (Å²) in [6.07, 6.45) is 23.5. The van der Waals surface area contributed by atoms with E-state index in [1.807, 2.05) is 0 Å². The Balaban J connectivity index is 2.38. The van der Waals surface area contributed by atoms with Crippen molar-refractivity contribution in [2.24, 2.45) is 0 Å². The summed E-state index contributed by atoms with van der Waals surface area (Å²) in [6.45, 7) is 0. The van der Waals surface area contributed by atoms with Crippen molar-refractivity contribution >= 4 is 0 Å². The predicted octanol–water partition coefficient (Wildman–Crippen LogP) is 4.18. The molecule has 0 amide bonds. The van der Waals surface area contributed by atoms with E-state index in [1.165, 1.54) is 25.7 Å². The van der Waals surface area contributed by atoms with E-state index in [2.05, 4.69) is 48.6 Å². The smallest absolute Gasteiger partial charge is 0.0166 e. The Morgan fingerprint density at radius 3 is 2.08 bits per heavy atom. The summed E-state index contributed by atoms with van der Waals surface area (Å²) in [7, 11) is 0. The minimum atomic E-state index is 1.06. The van der Waals surface area contributed by atoms with Crippen molar-refractivity contribution < 1.29 is 0 Å². The van der Waals surface area contributed by atoms with Gasteiger partial charge in [-0.1, -0.05) is 48.6 Å². The highest BCUT2D eigenvalue weighted by atomic mass is 13.9. The lowest BCUT2D eigenvalue weighted by Crippen LogP contribution is -1.71. The van der Waals surface area contributed by atoms with E-state index in [9.17, 15) is 0 Å². The highest BCUT2D eigenvalue weighted by Crippen LogP contribution is 2.03. The normalized spacial score (nSPS) is 28.9. The molecule has 0 aliphatic heterocycles. The van der Waals surface area contributed by atoms with Gasteiger partial charge in [-0.2, -0.15) is 0 Å². The van der Waals surface area contributed by atoms with Crippen molar-refractivity contribution in [1.29, 1.82) is 0 Å². The van der Waals surface area contributed by atoms with E-state index in [0.717, 1.165) is 6.42 Å². The van der Waals surface area contributed by atoms with Crippen molar-refractivity contribution in [3.8, 4) is 0 Å². The summed E-state index contributed by atoms with van der Waals surface area (Å²) >= 11 is 0. The van der Waals surface area contributed by atoms with E-state index in [-0.39, 0.29) is 0 Å². The summed E-state index contributed by atoms with van der Waals surface area (Å²) in [5, 5.41) is 0. The minimum Gasteiger partial charge on any atom is -0.0882 e. The molecule has 1 rings (SSSR count). The van der Waals surface area contributed by atoms with Crippen LogP contribution in [-0.4, -0.2) is 0 Å². The van der Waals surface area contributed by atoms with Gasteiger partial charge in [0, 0.05) is 0 Å². The molecule has 0 aromatic heterocycles. The van der Waals surface area contributed by atoms with Crippen LogP contribution in [-0.2, 0) is 0 Å². The van der Waals surface area contributed by atoms with Gasteiger partial charge in [-0.05, 0) is 32.1 Å². The largest absolute Gasteiger partial charge is 0.0882 e. The first-order valence-corrected chi connectivity index (χ1v) is 5.13. The van der Waals surface area contributed by atoms with Crippen molar-refractivity contribution in [2.45, 2.75) is 32.1 Å². The van der Waals surface area contributed by atoms with Crippen LogP contribution in [0.2, 0.25) is 0 Å². The van der Waals surface area contributed by atoms with Crippen LogP contribution in [0.5, 0.6) is 0 Å². The number of rotatable bonds is 0. The third-order valence-electron chi connectivity index (χ3n) is 2.04. The molecule has 0 saturated carbocycles. The van der Waals surface area contributed by atoms with Crippen LogP contribution in [0.4, 0.5) is 0 Å². The Bertz CT molecular complexity index is 216. The van der Waals surface area contributed by atoms with E-state index in [1.54, 1.807) is 0 Å². The summed E-state index contributed by atoms with van der Waals surface area (Å²) in [5.74, 6) is 0. The fraction of sp³-hybridized carbons (Fsp3) is 0.385. The molecule has 70 valence electrons. The fourth-order valence-electron chi connectivity index (χ4n) is 1.28. The molecule has 0 N–H and O–H groups in total. The molecule has 0 atom stereocenters. The summed E-state index contributed by atoms with van der Waals surface area (Å²) in [6, 6.07) is 0. The first-order chi connectivity index (χ1) is 6.50. The van der Waals surface area contributed by atoms with Crippen LogP contribution >= 0.6 is 0 Å². The Morgan fingerprint density at radius 2 is 1.23 bits per heavy atom. The molecule has 1 aliphatic carbocycles. The van der Waals surface area contributed by atoms with Crippen LogP contribution in [0.1, 0.15) is 32.1 Å². The van der Waals surface area contributed by atoms with Gasteiger partial charge in [0.1, 0.15) is 0 Å². The quantitative estimate of drug-likeness (QED) is 0.483. The zero-order valence-electron chi connectivity index (χ0n) is 8.15. The molecule has 0 saturated heterocycles. The van der Waals surface area contributed by atoms with Crippen LogP contribution in [0, 0.1) is 0 Å². The van der Waals surface area contributed by atoms with Gasteiger partial charge in [0.15, 0.2) is 0 Å². The molecule has 1 aliphatic rings. The molecular formula is C13H18. The average Bonchev–Trinajstić information content (AvgIpc) is 2.18. The molecule has 0 spiro atoms. The van der Waals surface area contributed by atoms with Crippen LogP contribution in [0.15, 0.2) is 48.6 Å². The maximum atomic E-state index is 2.29. The average molecular weight is 174 g/mol. The topological polar surface area (TPSA) is 0 Å².